The monoisotopic (exact) mass is 416 g/mol. The van der Waals surface area contributed by atoms with Gasteiger partial charge in [0.15, 0.2) is 5.79 Å². The molecule has 0 aromatic carbocycles. The van der Waals surface area contributed by atoms with Gasteiger partial charge in [-0.25, -0.2) is 0 Å². The Morgan fingerprint density at radius 2 is 1.63 bits per heavy atom. The highest BCUT2D eigenvalue weighted by atomic mass is 16.7. The molecule has 0 aromatic heterocycles. The molecule has 12 atom stereocenters. The molecule has 30 heavy (non-hydrogen) atoms. The van der Waals surface area contributed by atoms with Gasteiger partial charge in [0, 0.05) is 12.3 Å². The Morgan fingerprint density at radius 3 is 2.40 bits per heavy atom. The van der Waals surface area contributed by atoms with E-state index in [1.807, 2.05) is 0 Å². The van der Waals surface area contributed by atoms with Crippen molar-refractivity contribution in [2.24, 2.45) is 52.3 Å². The quantitative estimate of drug-likeness (QED) is 0.543. The van der Waals surface area contributed by atoms with Crippen LogP contribution in [-0.4, -0.2) is 29.7 Å². The second-order valence-electron chi connectivity index (χ2n) is 13.1. The molecule has 0 radical (unpaired) electrons. The zero-order valence-corrected chi connectivity index (χ0v) is 19.7. The van der Waals surface area contributed by atoms with Crippen LogP contribution in [0.1, 0.15) is 91.9 Å². The molecular weight excluding hydrogens is 372 g/mol. The smallest absolute Gasteiger partial charge is 0.171 e. The molecule has 6 fully saturated rings. The van der Waals surface area contributed by atoms with Crippen LogP contribution in [-0.2, 0) is 9.47 Å². The van der Waals surface area contributed by atoms with E-state index >= 15 is 0 Å². The summed E-state index contributed by atoms with van der Waals surface area (Å²) in [5.74, 6) is 4.93. The van der Waals surface area contributed by atoms with Gasteiger partial charge < -0.3 is 14.6 Å². The van der Waals surface area contributed by atoms with E-state index in [1.54, 1.807) is 0 Å². The summed E-state index contributed by atoms with van der Waals surface area (Å²) in [6.45, 7) is 10.9. The molecule has 170 valence electrons. The Balaban J connectivity index is 1.26. The zero-order valence-electron chi connectivity index (χ0n) is 19.7. The summed E-state index contributed by atoms with van der Waals surface area (Å²) in [4.78, 5) is 0. The number of fused-ring (bicyclic) bond motifs is 7. The molecule has 1 N–H and O–H groups in total. The third-order valence-corrected chi connectivity index (χ3v) is 11.9. The molecule has 2 aliphatic heterocycles. The lowest BCUT2D eigenvalue weighted by molar-refractivity contribution is -0.273. The van der Waals surface area contributed by atoms with Gasteiger partial charge in [0.1, 0.15) is 0 Å². The molecule has 4 aliphatic carbocycles. The van der Waals surface area contributed by atoms with Gasteiger partial charge in [0.05, 0.1) is 18.8 Å². The van der Waals surface area contributed by atoms with Gasteiger partial charge in [-0.15, -0.1) is 0 Å². The van der Waals surface area contributed by atoms with Gasteiger partial charge in [0.25, 0.3) is 0 Å². The molecule has 4 saturated carbocycles. The second kappa shape index (κ2) is 6.70. The minimum absolute atomic E-state index is 0.0389. The molecule has 3 heteroatoms. The van der Waals surface area contributed by atoms with Crippen molar-refractivity contribution in [1.82, 2.24) is 0 Å². The van der Waals surface area contributed by atoms with E-state index in [1.165, 1.54) is 44.9 Å². The highest BCUT2D eigenvalue weighted by Gasteiger charge is 2.69. The summed E-state index contributed by atoms with van der Waals surface area (Å²) in [5.41, 5.74) is 0.899. The fourth-order valence-corrected chi connectivity index (χ4v) is 10.3. The molecule has 1 spiro atoms. The van der Waals surface area contributed by atoms with Gasteiger partial charge in [-0.1, -0.05) is 27.7 Å². The van der Waals surface area contributed by atoms with Gasteiger partial charge >= 0.3 is 0 Å². The number of hydrogen-bond donors (Lipinski definition) is 1. The van der Waals surface area contributed by atoms with Crippen LogP contribution in [0.15, 0.2) is 0 Å². The van der Waals surface area contributed by atoms with E-state index in [4.69, 9.17) is 9.47 Å². The van der Waals surface area contributed by atoms with E-state index in [0.29, 0.717) is 34.7 Å². The Kier molecular flexibility index (Phi) is 4.58. The van der Waals surface area contributed by atoms with E-state index in [0.717, 1.165) is 49.5 Å². The average Bonchev–Trinajstić information content (AvgIpc) is 3.16. The molecule has 0 amide bonds. The summed E-state index contributed by atoms with van der Waals surface area (Å²) >= 11 is 0. The first-order valence-electron chi connectivity index (χ1n) is 13.3. The molecular formula is C27H44O3. The van der Waals surface area contributed by atoms with Crippen LogP contribution in [0, 0.1) is 52.3 Å². The van der Waals surface area contributed by atoms with Crippen LogP contribution in [0.3, 0.4) is 0 Å². The number of aliphatic hydroxyl groups is 1. The number of aliphatic hydroxyl groups excluding tert-OH is 1. The molecule has 6 aliphatic rings. The Morgan fingerprint density at radius 1 is 0.833 bits per heavy atom. The average molecular weight is 417 g/mol. The van der Waals surface area contributed by atoms with Gasteiger partial charge in [0.2, 0.25) is 0 Å². The van der Waals surface area contributed by atoms with Gasteiger partial charge in [-0.2, -0.15) is 0 Å². The van der Waals surface area contributed by atoms with Crippen LogP contribution in [0.2, 0.25) is 0 Å². The molecule has 0 bridgehead atoms. The summed E-state index contributed by atoms with van der Waals surface area (Å²) in [7, 11) is 0. The highest BCUT2D eigenvalue weighted by molar-refractivity contribution is 5.15. The maximum Gasteiger partial charge on any atom is 0.171 e. The molecule has 2 heterocycles. The lowest BCUT2D eigenvalue weighted by Gasteiger charge is -2.61. The van der Waals surface area contributed by atoms with Crippen molar-refractivity contribution in [2.75, 3.05) is 6.61 Å². The Labute approximate surface area is 183 Å². The van der Waals surface area contributed by atoms with Gasteiger partial charge in [-0.3, -0.25) is 0 Å². The molecule has 3 nitrogen and oxygen atoms in total. The van der Waals surface area contributed by atoms with Crippen molar-refractivity contribution >= 4 is 0 Å². The SMILES string of the molecule is C[C@@H]1CC[C@@]2(OC1)O[C@@H]1C[C@@H]3[C@@H]4CC[C@H]5C[C@H](O)CC[C@]5(C)[C@@H]4CC[C@]3(C)[C@H]1[C@@H]2C. The van der Waals surface area contributed by atoms with Crippen molar-refractivity contribution < 1.29 is 14.6 Å². The number of ether oxygens (including phenoxy) is 2. The van der Waals surface area contributed by atoms with Crippen LogP contribution in [0.25, 0.3) is 0 Å². The molecule has 2 saturated heterocycles. The normalized spacial score (nSPS) is 62.5. The standard InChI is InChI=1S/C27H44O3/c1-16-7-12-27(29-15-16)17(2)24-23(30-27)14-22-20-6-5-18-13-19(28)8-10-25(18,3)21(20)9-11-26(22,24)4/h16-24,28H,5-15H2,1-4H3/t16-,17+,18+,19-,20-,21-,22-,23-,24+,25+,26+,27-/m1/s1. The lowest BCUT2D eigenvalue weighted by Crippen LogP contribution is -2.55. The summed E-state index contributed by atoms with van der Waals surface area (Å²) in [6, 6.07) is 0. The topological polar surface area (TPSA) is 38.7 Å². The largest absolute Gasteiger partial charge is 0.393 e. The van der Waals surface area contributed by atoms with E-state index in [2.05, 4.69) is 27.7 Å². The van der Waals surface area contributed by atoms with Gasteiger partial charge in [-0.05, 0) is 104 Å². The van der Waals surface area contributed by atoms with Crippen molar-refractivity contribution in [1.29, 1.82) is 0 Å². The molecule has 0 unspecified atom stereocenters. The first-order valence-corrected chi connectivity index (χ1v) is 13.3. The van der Waals surface area contributed by atoms with E-state index in [-0.39, 0.29) is 11.9 Å². The maximum atomic E-state index is 10.3. The minimum Gasteiger partial charge on any atom is -0.393 e. The predicted molar refractivity (Wildman–Crippen MR) is 118 cm³/mol. The third-order valence-electron chi connectivity index (χ3n) is 11.9. The minimum atomic E-state index is -0.282. The first kappa shape index (κ1) is 20.5. The fraction of sp³-hybridized carbons (Fsp3) is 1.00. The fourth-order valence-electron chi connectivity index (χ4n) is 10.3. The summed E-state index contributed by atoms with van der Waals surface area (Å²) in [5, 5.41) is 10.3. The van der Waals surface area contributed by atoms with Crippen LogP contribution < -0.4 is 0 Å². The number of hydrogen-bond acceptors (Lipinski definition) is 3. The second-order valence-corrected chi connectivity index (χ2v) is 13.1. The van der Waals surface area contributed by atoms with Crippen molar-refractivity contribution in [3.63, 3.8) is 0 Å². The molecule has 0 aromatic rings. The molecule has 6 rings (SSSR count). The summed E-state index contributed by atoms with van der Waals surface area (Å²) in [6.07, 6.45) is 12.9. The van der Waals surface area contributed by atoms with E-state index < -0.39 is 0 Å². The van der Waals surface area contributed by atoms with E-state index in [9.17, 15) is 5.11 Å². The maximum absolute atomic E-state index is 10.3. The van der Waals surface area contributed by atoms with Crippen molar-refractivity contribution in [2.45, 2.75) is 110 Å². The number of rotatable bonds is 0. The Bertz CT molecular complexity index is 684. The van der Waals surface area contributed by atoms with Crippen molar-refractivity contribution in [3.05, 3.63) is 0 Å². The van der Waals surface area contributed by atoms with Crippen LogP contribution in [0.4, 0.5) is 0 Å². The van der Waals surface area contributed by atoms with Crippen molar-refractivity contribution in [3.8, 4) is 0 Å². The predicted octanol–water partition coefficient (Wildman–Crippen LogP) is 5.79. The zero-order chi connectivity index (χ0) is 20.9. The third kappa shape index (κ3) is 2.61. The Hall–Kier alpha value is -0.120. The highest BCUT2D eigenvalue weighted by Crippen LogP contribution is 2.71. The summed E-state index contributed by atoms with van der Waals surface area (Å²) < 4.78 is 13.4. The first-order chi connectivity index (χ1) is 14.3. The van der Waals surface area contributed by atoms with Crippen LogP contribution in [0.5, 0.6) is 0 Å². The van der Waals surface area contributed by atoms with Crippen LogP contribution >= 0.6 is 0 Å². The lowest BCUT2D eigenvalue weighted by atomic mass is 9.44.